The van der Waals surface area contributed by atoms with E-state index in [4.69, 9.17) is 0 Å². The summed E-state index contributed by atoms with van der Waals surface area (Å²) in [5, 5.41) is 11.8. The Morgan fingerprint density at radius 1 is 1.09 bits per heavy atom. The largest absolute Gasteiger partial charge is 0.508 e. The number of amides is 2. The molecule has 116 valence electrons. The number of benzene rings is 2. The van der Waals surface area contributed by atoms with Crippen molar-refractivity contribution >= 4 is 17.5 Å². The van der Waals surface area contributed by atoms with Crippen molar-refractivity contribution in [3.05, 3.63) is 71.7 Å². The minimum atomic E-state index is -0.715. The van der Waals surface area contributed by atoms with Crippen LogP contribution >= 0.6 is 0 Å². The Morgan fingerprint density at radius 2 is 1.83 bits per heavy atom. The van der Waals surface area contributed by atoms with E-state index in [1.807, 2.05) is 30.3 Å². The van der Waals surface area contributed by atoms with Crippen molar-refractivity contribution in [2.24, 2.45) is 0 Å². The van der Waals surface area contributed by atoms with Crippen LogP contribution in [-0.4, -0.2) is 21.8 Å². The first kappa shape index (κ1) is 14.8. The first-order chi connectivity index (χ1) is 11.0. The van der Waals surface area contributed by atoms with Crippen LogP contribution in [-0.2, 0) is 16.1 Å². The fourth-order valence-electron chi connectivity index (χ4n) is 2.26. The lowest BCUT2D eigenvalue weighted by atomic mass is 10.2. The fourth-order valence-corrected chi connectivity index (χ4v) is 2.26. The average Bonchev–Trinajstić information content (AvgIpc) is 2.79. The third-order valence-corrected chi connectivity index (χ3v) is 3.41. The fraction of sp³-hybridized carbons (Fsp3) is 0.0588. The first-order valence-corrected chi connectivity index (χ1v) is 6.91. The zero-order valence-electron chi connectivity index (χ0n) is 12.0. The summed E-state index contributed by atoms with van der Waals surface area (Å²) in [4.78, 5) is 25.4. The number of rotatable bonds is 4. The van der Waals surface area contributed by atoms with Gasteiger partial charge in [0.15, 0.2) is 0 Å². The number of carbonyl (C=O) groups is 2. The normalized spacial score (nSPS) is 14.1. The summed E-state index contributed by atoms with van der Waals surface area (Å²) in [5.41, 5.74) is 0.826. The number of anilines is 1. The van der Waals surface area contributed by atoms with Crippen molar-refractivity contribution in [1.29, 1.82) is 0 Å². The maximum atomic E-state index is 13.7. The van der Waals surface area contributed by atoms with E-state index in [0.717, 1.165) is 22.6 Å². The van der Waals surface area contributed by atoms with Crippen LogP contribution < -0.4 is 5.32 Å². The van der Waals surface area contributed by atoms with Gasteiger partial charge in [-0.1, -0.05) is 30.3 Å². The molecule has 2 N–H and O–H groups in total. The molecule has 0 atom stereocenters. The minimum absolute atomic E-state index is 0.00415. The van der Waals surface area contributed by atoms with Crippen molar-refractivity contribution in [3.8, 4) is 5.75 Å². The van der Waals surface area contributed by atoms with Crippen LogP contribution in [0.4, 0.5) is 10.1 Å². The second-order valence-corrected chi connectivity index (χ2v) is 5.06. The van der Waals surface area contributed by atoms with Crippen LogP contribution in [0.2, 0.25) is 0 Å². The molecular formula is C17H13FN2O3. The predicted molar refractivity (Wildman–Crippen MR) is 81.8 cm³/mol. The van der Waals surface area contributed by atoms with E-state index in [9.17, 15) is 19.1 Å². The third kappa shape index (κ3) is 3.06. The van der Waals surface area contributed by atoms with Gasteiger partial charge in [0.2, 0.25) is 0 Å². The Balaban J connectivity index is 1.76. The highest BCUT2D eigenvalue weighted by atomic mass is 19.1. The molecule has 2 aromatic rings. The van der Waals surface area contributed by atoms with Crippen molar-refractivity contribution in [2.75, 3.05) is 5.32 Å². The van der Waals surface area contributed by atoms with E-state index in [0.29, 0.717) is 0 Å². The molecule has 0 radical (unpaired) electrons. The molecule has 0 aliphatic carbocycles. The zero-order valence-corrected chi connectivity index (χ0v) is 12.0. The van der Waals surface area contributed by atoms with Crippen molar-refractivity contribution in [2.45, 2.75) is 6.54 Å². The second-order valence-electron chi connectivity index (χ2n) is 5.06. The number of nitrogens with zero attached hydrogens (tertiary/aromatic N) is 1. The van der Waals surface area contributed by atoms with E-state index >= 15 is 0 Å². The molecule has 1 heterocycles. The molecule has 2 aromatic carbocycles. The highest BCUT2D eigenvalue weighted by molar-refractivity contribution is 6.17. The van der Waals surface area contributed by atoms with Gasteiger partial charge in [-0.25, -0.2) is 4.39 Å². The van der Waals surface area contributed by atoms with Gasteiger partial charge in [0.05, 0.1) is 12.2 Å². The molecule has 3 rings (SSSR count). The first-order valence-electron chi connectivity index (χ1n) is 6.91. The quantitative estimate of drug-likeness (QED) is 0.672. The van der Waals surface area contributed by atoms with Crippen LogP contribution in [0.3, 0.4) is 0 Å². The summed E-state index contributed by atoms with van der Waals surface area (Å²) in [5.74, 6) is -1.92. The summed E-state index contributed by atoms with van der Waals surface area (Å²) in [7, 11) is 0. The molecule has 2 amide bonds. The lowest BCUT2D eigenvalue weighted by molar-refractivity contribution is -0.137. The van der Waals surface area contributed by atoms with Gasteiger partial charge >= 0.3 is 0 Å². The van der Waals surface area contributed by atoms with Crippen LogP contribution in [0.15, 0.2) is 60.3 Å². The Hall–Kier alpha value is -3.15. The molecule has 6 heteroatoms. The SMILES string of the molecule is O=C1C=C(Nc2ccc(O)cc2F)C(=O)N1Cc1ccccc1. The van der Waals surface area contributed by atoms with Crippen molar-refractivity contribution in [1.82, 2.24) is 4.90 Å². The van der Waals surface area contributed by atoms with Gasteiger partial charge in [0.1, 0.15) is 17.3 Å². The van der Waals surface area contributed by atoms with Gasteiger partial charge in [0, 0.05) is 12.1 Å². The number of hydrogen-bond acceptors (Lipinski definition) is 4. The van der Waals surface area contributed by atoms with Gasteiger partial charge in [-0.05, 0) is 17.7 Å². The number of phenols is 1. The van der Waals surface area contributed by atoms with Gasteiger partial charge < -0.3 is 10.4 Å². The second kappa shape index (κ2) is 5.92. The molecule has 1 aliphatic rings. The summed E-state index contributed by atoms with van der Waals surface area (Å²) < 4.78 is 13.7. The molecule has 0 spiro atoms. The Bertz CT molecular complexity index is 803. The molecule has 0 bridgehead atoms. The van der Waals surface area contributed by atoms with Crippen molar-refractivity contribution in [3.63, 3.8) is 0 Å². The molecular weight excluding hydrogens is 299 g/mol. The van der Waals surface area contributed by atoms with Crippen LogP contribution in [0.1, 0.15) is 5.56 Å². The van der Waals surface area contributed by atoms with Crippen LogP contribution in [0.25, 0.3) is 0 Å². The molecule has 1 aliphatic heterocycles. The molecule has 5 nitrogen and oxygen atoms in total. The van der Waals surface area contributed by atoms with E-state index in [1.54, 1.807) is 0 Å². The van der Waals surface area contributed by atoms with E-state index in [2.05, 4.69) is 5.32 Å². The number of halogens is 1. The lowest BCUT2D eigenvalue weighted by Crippen LogP contribution is -2.31. The average molecular weight is 312 g/mol. The minimum Gasteiger partial charge on any atom is -0.508 e. The Morgan fingerprint density at radius 3 is 2.52 bits per heavy atom. The predicted octanol–water partition coefficient (Wildman–Crippen LogP) is 2.40. The maximum Gasteiger partial charge on any atom is 0.277 e. The highest BCUT2D eigenvalue weighted by Crippen LogP contribution is 2.23. The molecule has 0 fully saturated rings. The number of phenolic OH excluding ortho intramolecular Hbond substituents is 1. The van der Waals surface area contributed by atoms with Crippen molar-refractivity contribution < 1.29 is 19.1 Å². The summed E-state index contributed by atoms with van der Waals surface area (Å²) in [6.45, 7) is 0.151. The Kier molecular flexibility index (Phi) is 3.80. The van der Waals surface area contributed by atoms with Gasteiger partial charge in [-0.15, -0.1) is 0 Å². The van der Waals surface area contributed by atoms with Gasteiger partial charge in [-0.2, -0.15) is 0 Å². The number of carbonyl (C=O) groups excluding carboxylic acids is 2. The van der Waals surface area contributed by atoms with Crippen LogP contribution in [0.5, 0.6) is 5.75 Å². The summed E-state index contributed by atoms with van der Waals surface area (Å²) in [6, 6.07) is 12.6. The number of aromatic hydroxyl groups is 1. The zero-order chi connectivity index (χ0) is 16.4. The monoisotopic (exact) mass is 312 g/mol. The summed E-state index contributed by atoms with van der Waals surface area (Å²) in [6.07, 6.45) is 1.14. The maximum absolute atomic E-state index is 13.7. The summed E-state index contributed by atoms with van der Waals surface area (Å²) >= 11 is 0. The number of imide groups is 1. The van der Waals surface area contributed by atoms with Crippen LogP contribution in [0, 0.1) is 5.82 Å². The standard InChI is InChI=1S/C17H13FN2O3/c18-13-8-12(21)6-7-14(13)19-15-9-16(22)20(17(15)23)10-11-4-2-1-3-5-11/h1-9,19,21H,10H2. The topological polar surface area (TPSA) is 69.6 Å². The third-order valence-electron chi connectivity index (χ3n) is 3.41. The van der Waals surface area contributed by atoms with E-state index < -0.39 is 17.6 Å². The molecule has 0 saturated carbocycles. The van der Waals surface area contributed by atoms with E-state index in [1.165, 1.54) is 12.1 Å². The number of nitrogens with one attached hydrogen (secondary N) is 1. The number of hydrogen-bond donors (Lipinski definition) is 2. The van der Waals surface area contributed by atoms with Gasteiger partial charge in [0.25, 0.3) is 11.8 Å². The van der Waals surface area contributed by atoms with E-state index in [-0.39, 0.29) is 23.7 Å². The smallest absolute Gasteiger partial charge is 0.277 e. The molecule has 0 aromatic heterocycles. The van der Waals surface area contributed by atoms with Gasteiger partial charge in [-0.3, -0.25) is 14.5 Å². The Labute approximate surface area is 131 Å². The molecule has 0 saturated heterocycles. The molecule has 0 unspecified atom stereocenters. The lowest BCUT2D eigenvalue weighted by Gasteiger charge is -2.15. The molecule has 23 heavy (non-hydrogen) atoms. The highest BCUT2D eigenvalue weighted by Gasteiger charge is 2.31.